The largest absolute Gasteiger partial charge is 0.370 e. The van der Waals surface area contributed by atoms with Gasteiger partial charge in [0.25, 0.3) is 0 Å². The lowest BCUT2D eigenvalue weighted by molar-refractivity contribution is 0.816. The molecule has 3 nitrogen and oxygen atoms in total. The quantitative estimate of drug-likeness (QED) is 0.861. The van der Waals surface area contributed by atoms with Crippen LogP contribution in [-0.4, -0.2) is 16.5 Å². The van der Waals surface area contributed by atoms with Crippen molar-refractivity contribution in [3.05, 3.63) is 27.6 Å². The second-order valence-corrected chi connectivity index (χ2v) is 6.87. The van der Waals surface area contributed by atoms with Gasteiger partial charge in [-0.2, -0.15) is 0 Å². The summed E-state index contributed by atoms with van der Waals surface area (Å²) in [7, 11) is 0. The second-order valence-electron chi connectivity index (χ2n) is 5.41. The molecule has 0 radical (unpaired) electrons. The molecular formula is C16H23N3S. The maximum absolute atomic E-state index is 4.74. The van der Waals surface area contributed by atoms with Crippen LogP contribution >= 0.6 is 11.3 Å². The third-order valence-electron chi connectivity index (χ3n) is 3.18. The van der Waals surface area contributed by atoms with Crippen LogP contribution in [0.3, 0.4) is 0 Å². The Morgan fingerprint density at radius 3 is 2.50 bits per heavy atom. The van der Waals surface area contributed by atoms with Crippen molar-refractivity contribution in [1.29, 1.82) is 0 Å². The minimum absolute atomic E-state index is 0.402. The number of rotatable bonds is 5. The highest BCUT2D eigenvalue weighted by atomic mass is 32.1. The maximum Gasteiger partial charge on any atom is 0.162 e. The summed E-state index contributed by atoms with van der Waals surface area (Å²) in [5.74, 6) is 2.18. The summed E-state index contributed by atoms with van der Waals surface area (Å²) in [4.78, 5) is 12.0. The lowest BCUT2D eigenvalue weighted by Gasteiger charge is -2.11. The highest BCUT2D eigenvalue weighted by Gasteiger charge is 2.13. The van der Waals surface area contributed by atoms with Gasteiger partial charge in [-0.25, -0.2) is 9.97 Å². The third kappa shape index (κ3) is 3.37. The van der Waals surface area contributed by atoms with E-state index >= 15 is 0 Å². The molecule has 0 saturated carbocycles. The Labute approximate surface area is 125 Å². The number of hydrogen-bond donors (Lipinski definition) is 1. The highest BCUT2D eigenvalue weighted by molar-refractivity contribution is 7.12. The first-order valence-electron chi connectivity index (χ1n) is 7.21. The van der Waals surface area contributed by atoms with E-state index in [4.69, 9.17) is 4.98 Å². The summed E-state index contributed by atoms with van der Waals surface area (Å²) in [6.45, 7) is 11.7. The van der Waals surface area contributed by atoms with Crippen molar-refractivity contribution in [1.82, 2.24) is 9.97 Å². The molecule has 108 valence electrons. The number of aromatic nitrogens is 2. The van der Waals surface area contributed by atoms with Gasteiger partial charge >= 0.3 is 0 Å². The minimum atomic E-state index is 0.402. The van der Waals surface area contributed by atoms with Crippen LogP contribution in [-0.2, 0) is 0 Å². The SMILES string of the molecule is CCCNc1cc(C(C)C)nc(-c2cc(C)sc2C)n1. The number of hydrogen-bond acceptors (Lipinski definition) is 4. The summed E-state index contributed by atoms with van der Waals surface area (Å²) in [6.07, 6.45) is 1.09. The smallest absolute Gasteiger partial charge is 0.162 e. The van der Waals surface area contributed by atoms with Crippen molar-refractivity contribution >= 4 is 17.2 Å². The van der Waals surface area contributed by atoms with Crippen LogP contribution < -0.4 is 5.32 Å². The van der Waals surface area contributed by atoms with Crippen LogP contribution in [0.25, 0.3) is 11.4 Å². The average Bonchev–Trinajstić information content (AvgIpc) is 2.75. The first kappa shape index (κ1) is 15.0. The Morgan fingerprint density at radius 2 is 1.95 bits per heavy atom. The molecule has 0 amide bonds. The molecule has 0 atom stereocenters. The molecule has 0 unspecified atom stereocenters. The molecule has 2 heterocycles. The van der Waals surface area contributed by atoms with Gasteiger partial charge < -0.3 is 5.32 Å². The van der Waals surface area contributed by atoms with Crippen molar-refractivity contribution in [2.75, 3.05) is 11.9 Å². The summed E-state index contributed by atoms with van der Waals surface area (Å²) in [6, 6.07) is 4.25. The van der Waals surface area contributed by atoms with Gasteiger partial charge in [-0.15, -0.1) is 11.3 Å². The molecule has 0 spiro atoms. The van der Waals surface area contributed by atoms with Gasteiger partial charge in [0.2, 0.25) is 0 Å². The van der Waals surface area contributed by atoms with Gasteiger partial charge in [-0.1, -0.05) is 20.8 Å². The molecule has 0 aromatic carbocycles. The normalized spacial score (nSPS) is 11.1. The van der Waals surface area contributed by atoms with Crippen LogP contribution in [0.4, 0.5) is 5.82 Å². The fraction of sp³-hybridized carbons (Fsp3) is 0.500. The molecule has 2 aromatic heterocycles. The number of nitrogens with zero attached hydrogens (tertiary/aromatic N) is 2. The topological polar surface area (TPSA) is 37.8 Å². The zero-order valence-electron chi connectivity index (χ0n) is 12.9. The van der Waals surface area contributed by atoms with Crippen molar-refractivity contribution in [2.45, 2.75) is 47.0 Å². The van der Waals surface area contributed by atoms with E-state index in [0.717, 1.165) is 35.9 Å². The molecule has 0 aliphatic carbocycles. The van der Waals surface area contributed by atoms with Crippen molar-refractivity contribution < 1.29 is 0 Å². The average molecular weight is 289 g/mol. The van der Waals surface area contributed by atoms with Gasteiger partial charge in [0.15, 0.2) is 5.82 Å². The monoisotopic (exact) mass is 289 g/mol. The van der Waals surface area contributed by atoms with Crippen LogP contribution in [0.15, 0.2) is 12.1 Å². The molecule has 4 heteroatoms. The lowest BCUT2D eigenvalue weighted by Crippen LogP contribution is -2.06. The Hall–Kier alpha value is -1.42. The van der Waals surface area contributed by atoms with E-state index in [1.54, 1.807) is 11.3 Å². The molecule has 0 bridgehead atoms. The van der Waals surface area contributed by atoms with Crippen LogP contribution in [0.5, 0.6) is 0 Å². The molecule has 2 rings (SSSR count). The van der Waals surface area contributed by atoms with Crippen LogP contribution in [0.1, 0.15) is 48.6 Å². The summed E-state index contributed by atoms with van der Waals surface area (Å²) in [5, 5.41) is 3.38. The fourth-order valence-electron chi connectivity index (χ4n) is 2.08. The summed E-state index contributed by atoms with van der Waals surface area (Å²) in [5.41, 5.74) is 2.26. The molecule has 20 heavy (non-hydrogen) atoms. The standard InChI is InChI=1S/C16H23N3S/c1-6-7-17-15-9-14(10(2)3)18-16(19-15)13-8-11(4)20-12(13)5/h8-10H,6-7H2,1-5H3,(H,17,18,19). The van der Waals surface area contributed by atoms with E-state index in [0.29, 0.717) is 5.92 Å². The molecular weight excluding hydrogens is 266 g/mol. The van der Waals surface area contributed by atoms with E-state index in [9.17, 15) is 0 Å². The zero-order chi connectivity index (χ0) is 14.7. The summed E-state index contributed by atoms with van der Waals surface area (Å²) < 4.78 is 0. The maximum atomic E-state index is 4.74. The van der Waals surface area contributed by atoms with Crippen molar-refractivity contribution in [3.8, 4) is 11.4 Å². The Kier molecular flexibility index (Phi) is 4.76. The second kappa shape index (κ2) is 6.35. The van der Waals surface area contributed by atoms with Gasteiger partial charge in [0, 0.05) is 33.6 Å². The van der Waals surface area contributed by atoms with Crippen molar-refractivity contribution in [3.63, 3.8) is 0 Å². The fourth-order valence-corrected chi connectivity index (χ4v) is 3.00. The van der Waals surface area contributed by atoms with Gasteiger partial charge in [0.1, 0.15) is 5.82 Å². The van der Waals surface area contributed by atoms with Crippen LogP contribution in [0.2, 0.25) is 0 Å². The molecule has 0 aliphatic heterocycles. The first-order valence-corrected chi connectivity index (χ1v) is 8.03. The van der Waals surface area contributed by atoms with Gasteiger partial charge in [-0.05, 0) is 32.3 Å². The first-order chi connectivity index (χ1) is 9.51. The van der Waals surface area contributed by atoms with E-state index in [1.807, 2.05) is 0 Å². The minimum Gasteiger partial charge on any atom is -0.370 e. The number of aryl methyl sites for hydroxylation is 2. The van der Waals surface area contributed by atoms with E-state index in [1.165, 1.54) is 9.75 Å². The van der Waals surface area contributed by atoms with Gasteiger partial charge in [0.05, 0.1) is 0 Å². The predicted octanol–water partition coefficient (Wildman–Crippen LogP) is 4.77. The summed E-state index contributed by atoms with van der Waals surface area (Å²) >= 11 is 1.80. The Bertz CT molecular complexity index is 587. The molecule has 1 N–H and O–H groups in total. The predicted molar refractivity (Wildman–Crippen MR) is 87.7 cm³/mol. The van der Waals surface area contributed by atoms with E-state index < -0.39 is 0 Å². The van der Waals surface area contributed by atoms with Gasteiger partial charge in [-0.3, -0.25) is 0 Å². The zero-order valence-corrected chi connectivity index (χ0v) is 13.8. The Balaban J connectivity index is 2.46. The third-order valence-corrected chi connectivity index (χ3v) is 4.14. The lowest BCUT2D eigenvalue weighted by atomic mass is 10.1. The molecule has 0 saturated heterocycles. The van der Waals surface area contributed by atoms with Crippen LogP contribution in [0, 0.1) is 13.8 Å². The Morgan fingerprint density at radius 1 is 1.20 bits per heavy atom. The molecule has 0 fully saturated rings. The highest BCUT2D eigenvalue weighted by Crippen LogP contribution is 2.30. The molecule has 0 aliphatic rings. The number of thiophene rings is 1. The van der Waals surface area contributed by atoms with E-state index in [-0.39, 0.29) is 0 Å². The van der Waals surface area contributed by atoms with E-state index in [2.05, 4.69) is 57.1 Å². The number of nitrogens with one attached hydrogen (secondary N) is 1. The van der Waals surface area contributed by atoms with Crippen molar-refractivity contribution in [2.24, 2.45) is 0 Å². The molecule has 2 aromatic rings. The number of anilines is 1.